The maximum absolute atomic E-state index is 14.2. The molecule has 3 amide bonds. The Bertz CT molecular complexity index is 1370. The highest BCUT2D eigenvalue weighted by molar-refractivity contribution is 5.95. The van der Waals surface area contributed by atoms with Gasteiger partial charge in [0.15, 0.2) is 11.5 Å². The van der Waals surface area contributed by atoms with Crippen molar-refractivity contribution in [2.45, 2.75) is 116 Å². The second-order valence-electron chi connectivity index (χ2n) is 14.5. The average molecular weight is 680 g/mol. The second-order valence-corrected chi connectivity index (χ2v) is 14.5. The van der Waals surface area contributed by atoms with Crippen LogP contribution in [0.4, 0.5) is 4.79 Å². The van der Waals surface area contributed by atoms with Crippen molar-refractivity contribution in [2.24, 2.45) is 0 Å². The molecule has 10 heteroatoms. The predicted octanol–water partition coefficient (Wildman–Crippen LogP) is 6.74. The van der Waals surface area contributed by atoms with Crippen LogP contribution in [0.25, 0.3) is 0 Å². The molecule has 2 aromatic rings. The number of piperidine rings is 1. The fourth-order valence-electron chi connectivity index (χ4n) is 6.58. The van der Waals surface area contributed by atoms with Crippen LogP contribution in [0, 0.1) is 0 Å². The maximum Gasteiger partial charge on any atom is 0.410 e. The molecular weight excluding hydrogens is 622 g/mol. The van der Waals surface area contributed by atoms with E-state index in [4.69, 9.17) is 18.9 Å². The fraction of sp³-hybridized carbons (Fsp3) is 0.615. The summed E-state index contributed by atoms with van der Waals surface area (Å²) in [5.41, 5.74) is 0.986. The van der Waals surface area contributed by atoms with Crippen molar-refractivity contribution in [1.82, 2.24) is 14.7 Å². The molecule has 1 saturated carbocycles. The Labute approximate surface area is 293 Å². The summed E-state index contributed by atoms with van der Waals surface area (Å²) in [5.74, 6) is 1.10. The fourth-order valence-corrected chi connectivity index (χ4v) is 6.58. The number of amides is 3. The molecule has 4 rings (SSSR count). The van der Waals surface area contributed by atoms with Crippen LogP contribution in [0.5, 0.6) is 11.5 Å². The summed E-state index contributed by atoms with van der Waals surface area (Å²) in [4.78, 5) is 47.0. The van der Waals surface area contributed by atoms with Crippen LogP contribution in [0.2, 0.25) is 0 Å². The number of methoxy groups -OCH3 is 2. The first-order valence-corrected chi connectivity index (χ1v) is 17.9. The quantitative estimate of drug-likeness (QED) is 0.181. The molecule has 0 bridgehead atoms. The molecule has 10 nitrogen and oxygen atoms in total. The molecule has 1 aliphatic carbocycles. The van der Waals surface area contributed by atoms with Gasteiger partial charge >= 0.3 is 6.09 Å². The first-order valence-electron chi connectivity index (χ1n) is 17.9. The van der Waals surface area contributed by atoms with Gasteiger partial charge < -0.3 is 33.6 Å². The lowest BCUT2D eigenvalue weighted by Gasteiger charge is -2.45. The van der Waals surface area contributed by atoms with Crippen molar-refractivity contribution in [2.75, 3.05) is 40.5 Å². The Kier molecular flexibility index (Phi) is 13.8. The Morgan fingerprint density at radius 2 is 1.63 bits per heavy atom. The predicted molar refractivity (Wildman–Crippen MR) is 190 cm³/mol. The molecule has 2 fully saturated rings. The third-order valence-corrected chi connectivity index (χ3v) is 9.14. The summed E-state index contributed by atoms with van der Waals surface area (Å²) in [6.07, 6.45) is 5.66. The van der Waals surface area contributed by atoms with Crippen molar-refractivity contribution in [1.29, 1.82) is 0 Å². The maximum atomic E-state index is 14.2. The van der Waals surface area contributed by atoms with Gasteiger partial charge in [0.1, 0.15) is 5.60 Å². The van der Waals surface area contributed by atoms with E-state index in [-0.39, 0.29) is 42.1 Å². The molecule has 2 aliphatic rings. The normalized spacial score (nSPS) is 17.8. The molecular formula is C39H57N3O7. The van der Waals surface area contributed by atoms with Crippen molar-refractivity contribution < 1.29 is 33.3 Å². The SMILES string of the molecule is COCCCOc1cc(C(=O)N(C(C)C)C2CC[C@H](CCN(C(=O)CCc3ccccc3)C3CC3)N(C(=O)OC(C)(C)C)C2)ccc1OC. The molecule has 2 atom stereocenters. The molecule has 270 valence electrons. The summed E-state index contributed by atoms with van der Waals surface area (Å²) >= 11 is 0. The third kappa shape index (κ3) is 11.1. The van der Waals surface area contributed by atoms with E-state index in [2.05, 4.69) is 12.1 Å². The average Bonchev–Trinajstić information content (AvgIpc) is 3.91. The van der Waals surface area contributed by atoms with Crippen LogP contribution < -0.4 is 9.47 Å². The third-order valence-electron chi connectivity index (χ3n) is 9.14. The number of benzene rings is 2. The second kappa shape index (κ2) is 17.7. The number of carbonyl (C=O) groups is 3. The van der Waals surface area contributed by atoms with Gasteiger partial charge in [-0.2, -0.15) is 0 Å². The van der Waals surface area contributed by atoms with Crippen LogP contribution in [0.15, 0.2) is 48.5 Å². The van der Waals surface area contributed by atoms with Gasteiger partial charge in [0.05, 0.1) is 19.8 Å². The summed E-state index contributed by atoms with van der Waals surface area (Å²) < 4.78 is 22.5. The summed E-state index contributed by atoms with van der Waals surface area (Å²) in [5, 5.41) is 0. The molecule has 49 heavy (non-hydrogen) atoms. The number of hydrogen-bond acceptors (Lipinski definition) is 7. The molecule has 1 saturated heterocycles. The number of ether oxygens (including phenoxy) is 4. The van der Waals surface area contributed by atoms with Crippen LogP contribution >= 0.6 is 0 Å². The van der Waals surface area contributed by atoms with Crippen LogP contribution in [0.1, 0.15) is 95.5 Å². The number of rotatable bonds is 16. The Balaban J connectivity index is 1.48. The summed E-state index contributed by atoms with van der Waals surface area (Å²) in [7, 11) is 3.23. The Hall–Kier alpha value is -3.79. The van der Waals surface area contributed by atoms with Gasteiger partial charge in [-0.3, -0.25) is 9.59 Å². The van der Waals surface area contributed by atoms with Gasteiger partial charge in [0.2, 0.25) is 5.91 Å². The molecule has 0 spiro atoms. The van der Waals surface area contributed by atoms with Gasteiger partial charge in [0.25, 0.3) is 5.91 Å². The standard InChI is InChI=1S/C39H57N3O7/c1-28(2)42(37(44)30-15-20-34(47-7)35(26-30)48-25-11-24-46-6)33-19-18-32(41(27-33)38(45)49-39(3,4)5)22-23-40(31-16-17-31)36(43)21-14-29-12-9-8-10-13-29/h8-10,12-13,15,20,26,28,31-33H,11,14,16-19,21-25,27H2,1-7H3/t32-,33?/m1/s1. The minimum atomic E-state index is -0.668. The van der Waals surface area contributed by atoms with E-state index in [9.17, 15) is 14.4 Å². The molecule has 0 aromatic heterocycles. The topological polar surface area (TPSA) is 97.9 Å². The number of aryl methyl sites for hydroxylation is 1. The highest BCUT2D eigenvalue weighted by Crippen LogP contribution is 2.33. The van der Waals surface area contributed by atoms with E-state index in [1.165, 1.54) is 0 Å². The Morgan fingerprint density at radius 3 is 2.27 bits per heavy atom. The number of hydrogen-bond donors (Lipinski definition) is 0. The minimum absolute atomic E-state index is 0.105. The van der Waals surface area contributed by atoms with Crippen LogP contribution in [-0.4, -0.2) is 103 Å². The van der Waals surface area contributed by atoms with Gasteiger partial charge in [0, 0.05) is 63.3 Å². The van der Waals surface area contributed by atoms with Gasteiger partial charge in [-0.05, 0) is 96.9 Å². The largest absolute Gasteiger partial charge is 0.493 e. The first-order chi connectivity index (χ1) is 23.4. The van der Waals surface area contributed by atoms with E-state index in [1.54, 1.807) is 37.3 Å². The highest BCUT2D eigenvalue weighted by Gasteiger charge is 2.40. The molecule has 1 unspecified atom stereocenters. The minimum Gasteiger partial charge on any atom is -0.493 e. The molecule has 1 aliphatic heterocycles. The summed E-state index contributed by atoms with van der Waals surface area (Å²) in [6, 6.07) is 15.2. The lowest BCUT2D eigenvalue weighted by atomic mass is 9.93. The zero-order valence-corrected chi connectivity index (χ0v) is 30.6. The molecule has 0 N–H and O–H groups in total. The van der Waals surface area contributed by atoms with Crippen molar-refractivity contribution in [3.63, 3.8) is 0 Å². The number of likely N-dealkylation sites (tertiary alicyclic amines) is 1. The number of nitrogens with zero attached hydrogens (tertiary/aromatic N) is 3. The van der Waals surface area contributed by atoms with E-state index in [0.29, 0.717) is 75.5 Å². The number of carbonyl (C=O) groups excluding carboxylic acids is 3. The molecule has 2 aromatic carbocycles. The highest BCUT2D eigenvalue weighted by atomic mass is 16.6. The van der Waals surface area contributed by atoms with E-state index < -0.39 is 5.60 Å². The Morgan fingerprint density at radius 1 is 0.918 bits per heavy atom. The summed E-state index contributed by atoms with van der Waals surface area (Å²) in [6.45, 7) is 11.6. The monoisotopic (exact) mass is 679 g/mol. The van der Waals surface area contributed by atoms with Crippen LogP contribution in [0.3, 0.4) is 0 Å². The molecule has 1 heterocycles. The molecule has 0 radical (unpaired) electrons. The van der Waals surface area contributed by atoms with Crippen molar-refractivity contribution in [3.8, 4) is 11.5 Å². The van der Waals surface area contributed by atoms with Gasteiger partial charge in [-0.25, -0.2) is 4.79 Å². The smallest absolute Gasteiger partial charge is 0.410 e. The van der Waals surface area contributed by atoms with E-state index >= 15 is 0 Å². The van der Waals surface area contributed by atoms with Crippen molar-refractivity contribution in [3.05, 3.63) is 59.7 Å². The zero-order valence-electron chi connectivity index (χ0n) is 30.6. The van der Waals surface area contributed by atoms with Gasteiger partial charge in [-0.1, -0.05) is 30.3 Å². The van der Waals surface area contributed by atoms with E-state index in [1.807, 2.05) is 62.6 Å². The van der Waals surface area contributed by atoms with Gasteiger partial charge in [-0.15, -0.1) is 0 Å². The van der Waals surface area contributed by atoms with Crippen molar-refractivity contribution >= 4 is 17.9 Å². The zero-order chi connectivity index (χ0) is 35.6. The lowest BCUT2D eigenvalue weighted by Crippen LogP contribution is -2.58. The first kappa shape index (κ1) is 38.0. The van der Waals surface area contributed by atoms with Crippen LogP contribution in [-0.2, 0) is 20.7 Å². The lowest BCUT2D eigenvalue weighted by molar-refractivity contribution is -0.132. The van der Waals surface area contributed by atoms with E-state index in [0.717, 1.165) is 24.8 Å².